The fraction of sp³-hybridized carbons (Fsp3) is 0.120. The SMILES string of the molecule is COc1ccccc1NC1=C(c2ccccc2)C(=O)N(Cc2ccc3c(c2)OCO3)C1=O. The van der Waals surface area contributed by atoms with Gasteiger partial charge in [-0.3, -0.25) is 14.5 Å². The van der Waals surface area contributed by atoms with E-state index in [2.05, 4.69) is 5.32 Å². The lowest BCUT2D eigenvalue weighted by Crippen LogP contribution is -2.32. The van der Waals surface area contributed by atoms with E-state index in [1.807, 2.05) is 48.5 Å². The molecule has 2 heterocycles. The number of para-hydroxylation sites is 2. The van der Waals surface area contributed by atoms with E-state index in [-0.39, 0.29) is 24.9 Å². The first kappa shape index (κ1) is 19.7. The highest BCUT2D eigenvalue weighted by molar-refractivity contribution is 6.36. The normalized spacial score (nSPS) is 14.8. The summed E-state index contributed by atoms with van der Waals surface area (Å²) in [5, 5.41) is 3.14. The van der Waals surface area contributed by atoms with Crippen LogP contribution in [-0.2, 0) is 16.1 Å². The van der Waals surface area contributed by atoms with Crippen LogP contribution >= 0.6 is 0 Å². The molecule has 0 radical (unpaired) electrons. The van der Waals surface area contributed by atoms with Gasteiger partial charge in [0.1, 0.15) is 11.4 Å². The second-order valence-electron chi connectivity index (χ2n) is 7.33. The van der Waals surface area contributed by atoms with E-state index in [1.165, 1.54) is 4.90 Å². The van der Waals surface area contributed by atoms with Crippen LogP contribution in [0, 0.1) is 0 Å². The van der Waals surface area contributed by atoms with Crippen molar-refractivity contribution in [3.8, 4) is 17.2 Å². The van der Waals surface area contributed by atoms with Gasteiger partial charge in [-0.1, -0.05) is 48.5 Å². The number of carbonyl (C=O) groups is 2. The first-order valence-electron chi connectivity index (χ1n) is 10.1. The van der Waals surface area contributed by atoms with Crippen LogP contribution in [-0.4, -0.2) is 30.6 Å². The molecular weight excluding hydrogens is 408 g/mol. The van der Waals surface area contributed by atoms with E-state index in [4.69, 9.17) is 14.2 Å². The van der Waals surface area contributed by atoms with Gasteiger partial charge in [0.2, 0.25) is 6.79 Å². The molecule has 3 aromatic rings. The third-order valence-corrected chi connectivity index (χ3v) is 5.37. The van der Waals surface area contributed by atoms with Gasteiger partial charge in [0, 0.05) is 0 Å². The van der Waals surface area contributed by atoms with Crippen molar-refractivity contribution in [1.82, 2.24) is 4.90 Å². The van der Waals surface area contributed by atoms with Crippen molar-refractivity contribution in [3.63, 3.8) is 0 Å². The zero-order valence-corrected chi connectivity index (χ0v) is 17.3. The van der Waals surface area contributed by atoms with Gasteiger partial charge in [-0.25, -0.2) is 0 Å². The molecule has 2 aliphatic heterocycles. The van der Waals surface area contributed by atoms with Crippen LogP contribution in [0.3, 0.4) is 0 Å². The van der Waals surface area contributed by atoms with Crippen LogP contribution < -0.4 is 19.5 Å². The van der Waals surface area contributed by atoms with E-state index >= 15 is 0 Å². The number of hydrogen-bond donors (Lipinski definition) is 1. The summed E-state index contributed by atoms with van der Waals surface area (Å²) in [6, 6.07) is 21.8. The number of ether oxygens (including phenoxy) is 3. The molecule has 0 aromatic heterocycles. The molecular formula is C25H20N2O5. The molecule has 7 nitrogen and oxygen atoms in total. The van der Waals surface area contributed by atoms with Crippen LogP contribution in [0.2, 0.25) is 0 Å². The van der Waals surface area contributed by atoms with E-state index < -0.39 is 5.91 Å². The van der Waals surface area contributed by atoms with Gasteiger partial charge < -0.3 is 19.5 Å². The Morgan fingerprint density at radius 3 is 2.47 bits per heavy atom. The summed E-state index contributed by atoms with van der Waals surface area (Å²) < 4.78 is 16.2. The molecule has 32 heavy (non-hydrogen) atoms. The Bertz CT molecular complexity index is 1240. The first-order chi connectivity index (χ1) is 15.7. The van der Waals surface area contributed by atoms with Crippen molar-refractivity contribution < 1.29 is 23.8 Å². The summed E-state index contributed by atoms with van der Waals surface area (Å²) in [4.78, 5) is 28.1. The molecule has 0 unspecified atom stereocenters. The molecule has 5 rings (SSSR count). The number of amides is 2. The lowest BCUT2D eigenvalue weighted by Gasteiger charge is -2.16. The Balaban J connectivity index is 1.51. The highest BCUT2D eigenvalue weighted by Gasteiger charge is 2.39. The fourth-order valence-electron chi connectivity index (χ4n) is 3.81. The molecule has 2 aliphatic rings. The Morgan fingerprint density at radius 2 is 1.66 bits per heavy atom. The topological polar surface area (TPSA) is 77.1 Å². The average Bonchev–Trinajstić information content (AvgIpc) is 3.38. The molecule has 0 fully saturated rings. The predicted octanol–water partition coefficient (Wildman–Crippen LogP) is 3.82. The minimum atomic E-state index is -0.405. The summed E-state index contributed by atoms with van der Waals surface area (Å²) in [7, 11) is 1.56. The van der Waals surface area contributed by atoms with E-state index in [9.17, 15) is 9.59 Å². The zero-order chi connectivity index (χ0) is 22.1. The maximum Gasteiger partial charge on any atom is 0.278 e. The third-order valence-electron chi connectivity index (χ3n) is 5.37. The number of benzene rings is 3. The molecule has 0 spiro atoms. The van der Waals surface area contributed by atoms with Crippen molar-refractivity contribution in [2.45, 2.75) is 6.54 Å². The number of anilines is 1. The van der Waals surface area contributed by atoms with Crippen LogP contribution in [0.25, 0.3) is 5.57 Å². The standard InChI is InChI=1S/C25H20N2O5/c1-30-19-10-6-5-9-18(19)26-23-22(17-7-3-2-4-8-17)24(28)27(25(23)29)14-16-11-12-20-21(13-16)32-15-31-20/h2-13,26H,14-15H2,1H3. The van der Waals surface area contributed by atoms with E-state index in [0.29, 0.717) is 34.1 Å². The third kappa shape index (κ3) is 3.43. The van der Waals surface area contributed by atoms with Crippen LogP contribution in [0.4, 0.5) is 5.69 Å². The highest BCUT2D eigenvalue weighted by atomic mass is 16.7. The maximum atomic E-state index is 13.4. The number of fused-ring (bicyclic) bond motifs is 1. The second-order valence-corrected chi connectivity index (χ2v) is 7.33. The van der Waals surface area contributed by atoms with E-state index in [1.54, 1.807) is 31.4 Å². The molecule has 3 aromatic carbocycles. The Labute approximate surface area is 184 Å². The zero-order valence-electron chi connectivity index (χ0n) is 17.3. The number of nitrogens with zero attached hydrogens (tertiary/aromatic N) is 1. The Morgan fingerprint density at radius 1 is 0.906 bits per heavy atom. The maximum absolute atomic E-state index is 13.4. The molecule has 2 amide bonds. The summed E-state index contributed by atoms with van der Waals surface area (Å²) >= 11 is 0. The highest BCUT2D eigenvalue weighted by Crippen LogP contribution is 2.36. The minimum Gasteiger partial charge on any atom is -0.495 e. The van der Waals surface area contributed by atoms with Crippen molar-refractivity contribution in [1.29, 1.82) is 0 Å². The average molecular weight is 428 g/mol. The summed E-state index contributed by atoms with van der Waals surface area (Å²) in [6.07, 6.45) is 0. The number of imide groups is 1. The van der Waals surface area contributed by atoms with Gasteiger partial charge in [-0.2, -0.15) is 0 Å². The van der Waals surface area contributed by atoms with Crippen molar-refractivity contribution in [2.24, 2.45) is 0 Å². The predicted molar refractivity (Wildman–Crippen MR) is 118 cm³/mol. The van der Waals surface area contributed by atoms with Gasteiger partial charge in [0.05, 0.1) is 24.9 Å². The van der Waals surface area contributed by atoms with Crippen LogP contribution in [0.15, 0.2) is 78.5 Å². The largest absolute Gasteiger partial charge is 0.495 e. The van der Waals surface area contributed by atoms with Gasteiger partial charge >= 0.3 is 0 Å². The van der Waals surface area contributed by atoms with Gasteiger partial charge in [-0.15, -0.1) is 0 Å². The monoisotopic (exact) mass is 428 g/mol. The Hall–Kier alpha value is -4.26. The number of nitrogens with one attached hydrogen (secondary N) is 1. The smallest absolute Gasteiger partial charge is 0.278 e. The molecule has 1 N–H and O–H groups in total. The molecule has 0 bridgehead atoms. The number of hydrogen-bond acceptors (Lipinski definition) is 6. The summed E-state index contributed by atoms with van der Waals surface area (Å²) in [5.74, 6) is 1.05. The van der Waals surface area contributed by atoms with Crippen molar-refractivity contribution in [3.05, 3.63) is 89.6 Å². The van der Waals surface area contributed by atoms with Crippen LogP contribution in [0.1, 0.15) is 11.1 Å². The van der Waals surface area contributed by atoms with Gasteiger partial charge in [-0.05, 0) is 35.4 Å². The Kier molecular flexibility index (Phi) is 4.99. The molecule has 0 atom stereocenters. The summed E-state index contributed by atoms with van der Waals surface area (Å²) in [5.41, 5.74) is 2.57. The first-order valence-corrected chi connectivity index (χ1v) is 10.1. The number of rotatable bonds is 6. The second kappa shape index (κ2) is 8.11. The molecule has 0 aliphatic carbocycles. The molecule has 0 saturated heterocycles. The molecule has 7 heteroatoms. The lowest BCUT2D eigenvalue weighted by atomic mass is 10.0. The lowest BCUT2D eigenvalue weighted by molar-refractivity contribution is -0.137. The molecule has 160 valence electrons. The number of carbonyl (C=O) groups excluding carboxylic acids is 2. The fourth-order valence-corrected chi connectivity index (χ4v) is 3.81. The molecule has 0 saturated carbocycles. The van der Waals surface area contributed by atoms with Gasteiger partial charge in [0.25, 0.3) is 11.8 Å². The van der Waals surface area contributed by atoms with Crippen LogP contribution in [0.5, 0.6) is 17.2 Å². The minimum absolute atomic E-state index is 0.113. The quantitative estimate of drug-likeness (QED) is 0.602. The van der Waals surface area contributed by atoms with Gasteiger partial charge in [0.15, 0.2) is 11.5 Å². The summed E-state index contributed by atoms with van der Waals surface area (Å²) in [6.45, 7) is 0.273. The van der Waals surface area contributed by atoms with Crippen molar-refractivity contribution >= 4 is 23.1 Å². The van der Waals surface area contributed by atoms with E-state index in [0.717, 1.165) is 5.56 Å². The number of methoxy groups -OCH3 is 1. The van der Waals surface area contributed by atoms with Crippen molar-refractivity contribution in [2.75, 3.05) is 19.2 Å².